The molecule has 0 saturated heterocycles. The van der Waals surface area contributed by atoms with Crippen LogP contribution in [0.4, 0.5) is 10.1 Å². The molecule has 4 nitrogen and oxygen atoms in total. The first kappa shape index (κ1) is 10.6. The van der Waals surface area contributed by atoms with Crippen molar-refractivity contribution in [3.63, 3.8) is 0 Å². The monoisotopic (exact) mass is 198 g/mol. The Morgan fingerprint density at radius 3 is 2.43 bits per heavy atom. The molecular weight excluding hydrogens is 187 g/mol. The Kier molecular flexibility index (Phi) is 2.53. The zero-order chi connectivity index (χ0) is 10.9. The summed E-state index contributed by atoms with van der Waals surface area (Å²) in [6, 6.07) is 3.46. The van der Waals surface area contributed by atoms with Crippen molar-refractivity contribution in [2.45, 2.75) is 19.4 Å². The van der Waals surface area contributed by atoms with Gasteiger partial charge in [0.2, 0.25) is 0 Å². The van der Waals surface area contributed by atoms with Crippen molar-refractivity contribution in [2.75, 3.05) is 0 Å². The van der Waals surface area contributed by atoms with Crippen molar-refractivity contribution in [1.82, 2.24) is 0 Å². The predicted molar refractivity (Wildman–Crippen MR) is 50.3 cm³/mol. The van der Waals surface area contributed by atoms with E-state index in [0.717, 1.165) is 6.07 Å². The lowest BCUT2D eigenvalue weighted by Gasteiger charge is -2.19. The number of hydrogen-bond acceptors (Lipinski definition) is 3. The van der Waals surface area contributed by atoms with Crippen molar-refractivity contribution in [2.24, 2.45) is 5.73 Å². The van der Waals surface area contributed by atoms with Crippen LogP contribution in [0.2, 0.25) is 0 Å². The fourth-order valence-corrected chi connectivity index (χ4v) is 1.14. The number of benzene rings is 1. The summed E-state index contributed by atoms with van der Waals surface area (Å²) in [5.74, 6) is -0.647. The molecule has 0 spiro atoms. The second kappa shape index (κ2) is 3.34. The summed E-state index contributed by atoms with van der Waals surface area (Å²) in [6.07, 6.45) is 0. The van der Waals surface area contributed by atoms with Crippen LogP contribution >= 0.6 is 0 Å². The molecule has 0 aliphatic heterocycles. The quantitative estimate of drug-likeness (QED) is 0.583. The topological polar surface area (TPSA) is 69.2 Å². The SMILES string of the molecule is CC(C)(N)c1ccc([N+](=O)[O-])cc1F. The van der Waals surface area contributed by atoms with Crippen LogP contribution in [0.1, 0.15) is 19.4 Å². The van der Waals surface area contributed by atoms with Crippen LogP contribution in [0.5, 0.6) is 0 Å². The number of nitro groups is 1. The molecule has 2 N–H and O–H groups in total. The minimum Gasteiger partial charge on any atom is -0.322 e. The van der Waals surface area contributed by atoms with Gasteiger partial charge in [0.05, 0.1) is 11.0 Å². The summed E-state index contributed by atoms with van der Waals surface area (Å²) in [7, 11) is 0. The van der Waals surface area contributed by atoms with Crippen LogP contribution in [0, 0.1) is 15.9 Å². The van der Waals surface area contributed by atoms with Gasteiger partial charge in [-0.3, -0.25) is 10.1 Å². The molecule has 1 aromatic rings. The molecule has 5 heteroatoms. The molecule has 0 radical (unpaired) electrons. The van der Waals surface area contributed by atoms with Crippen molar-refractivity contribution in [3.8, 4) is 0 Å². The van der Waals surface area contributed by atoms with Gasteiger partial charge < -0.3 is 5.73 Å². The van der Waals surface area contributed by atoms with Gasteiger partial charge in [0.25, 0.3) is 5.69 Å². The molecule has 14 heavy (non-hydrogen) atoms. The highest BCUT2D eigenvalue weighted by Crippen LogP contribution is 2.23. The lowest BCUT2D eigenvalue weighted by molar-refractivity contribution is -0.385. The fraction of sp³-hybridized carbons (Fsp3) is 0.333. The Bertz CT molecular complexity index is 372. The van der Waals surface area contributed by atoms with Gasteiger partial charge in [0.15, 0.2) is 0 Å². The number of nitro benzene ring substituents is 1. The van der Waals surface area contributed by atoms with Gasteiger partial charge in [-0.1, -0.05) is 0 Å². The van der Waals surface area contributed by atoms with Gasteiger partial charge >= 0.3 is 0 Å². The number of nitrogens with zero attached hydrogens (tertiary/aromatic N) is 1. The second-order valence-corrected chi connectivity index (χ2v) is 3.64. The molecule has 0 atom stereocenters. The number of nitrogens with two attached hydrogens (primary N) is 1. The van der Waals surface area contributed by atoms with Gasteiger partial charge in [-0.2, -0.15) is 0 Å². The highest BCUT2D eigenvalue weighted by molar-refractivity contribution is 5.36. The van der Waals surface area contributed by atoms with E-state index in [1.165, 1.54) is 12.1 Å². The van der Waals surface area contributed by atoms with E-state index in [2.05, 4.69) is 0 Å². The fourth-order valence-electron chi connectivity index (χ4n) is 1.14. The largest absolute Gasteiger partial charge is 0.322 e. The van der Waals surface area contributed by atoms with E-state index in [4.69, 9.17) is 5.73 Å². The lowest BCUT2D eigenvalue weighted by atomic mass is 9.95. The Labute approximate surface area is 80.7 Å². The third-order valence-corrected chi connectivity index (χ3v) is 1.86. The summed E-state index contributed by atoms with van der Waals surface area (Å²) in [5.41, 5.74) is 4.84. The van der Waals surface area contributed by atoms with E-state index < -0.39 is 16.3 Å². The molecule has 76 valence electrons. The highest BCUT2D eigenvalue weighted by Gasteiger charge is 2.20. The van der Waals surface area contributed by atoms with E-state index in [1.54, 1.807) is 13.8 Å². The summed E-state index contributed by atoms with van der Waals surface area (Å²) < 4.78 is 13.3. The minimum absolute atomic E-state index is 0.267. The van der Waals surface area contributed by atoms with Crippen LogP contribution in [-0.2, 0) is 5.54 Å². The van der Waals surface area contributed by atoms with Gasteiger partial charge in [0, 0.05) is 17.2 Å². The number of rotatable bonds is 2. The van der Waals surface area contributed by atoms with Gasteiger partial charge in [-0.15, -0.1) is 0 Å². The Hall–Kier alpha value is -1.49. The zero-order valence-corrected chi connectivity index (χ0v) is 7.95. The van der Waals surface area contributed by atoms with E-state index >= 15 is 0 Å². The highest BCUT2D eigenvalue weighted by atomic mass is 19.1. The van der Waals surface area contributed by atoms with Gasteiger partial charge in [-0.25, -0.2) is 4.39 Å². The van der Waals surface area contributed by atoms with E-state index in [9.17, 15) is 14.5 Å². The maximum Gasteiger partial charge on any atom is 0.272 e. The molecule has 0 unspecified atom stereocenters. The molecule has 0 amide bonds. The van der Waals surface area contributed by atoms with Crippen LogP contribution in [0.15, 0.2) is 18.2 Å². The van der Waals surface area contributed by atoms with E-state index in [-0.39, 0.29) is 11.3 Å². The summed E-state index contributed by atoms with van der Waals surface area (Å²) in [6.45, 7) is 3.27. The maximum atomic E-state index is 13.3. The molecule has 0 aromatic heterocycles. The molecule has 1 aromatic carbocycles. The molecule has 0 bridgehead atoms. The van der Waals surface area contributed by atoms with Gasteiger partial charge in [0.1, 0.15) is 5.82 Å². The average Bonchev–Trinajstić information content (AvgIpc) is 2.01. The second-order valence-electron chi connectivity index (χ2n) is 3.64. The standard InChI is InChI=1S/C9H11FN2O2/c1-9(2,11)7-4-3-6(12(13)14)5-8(7)10/h3-5H,11H2,1-2H3. The maximum absolute atomic E-state index is 13.3. The smallest absolute Gasteiger partial charge is 0.272 e. The minimum atomic E-state index is -0.834. The van der Waals surface area contributed by atoms with E-state index in [0.29, 0.717) is 0 Å². The Morgan fingerprint density at radius 1 is 1.50 bits per heavy atom. The lowest BCUT2D eigenvalue weighted by Crippen LogP contribution is -2.29. The normalized spacial score (nSPS) is 11.4. The third kappa shape index (κ3) is 2.05. The van der Waals surface area contributed by atoms with Crippen LogP contribution in [0.3, 0.4) is 0 Å². The summed E-state index contributed by atoms with van der Waals surface area (Å²) >= 11 is 0. The molecule has 0 aliphatic rings. The van der Waals surface area contributed by atoms with Crippen molar-refractivity contribution >= 4 is 5.69 Å². The Morgan fingerprint density at radius 2 is 2.07 bits per heavy atom. The number of hydrogen-bond donors (Lipinski definition) is 1. The first-order valence-corrected chi connectivity index (χ1v) is 4.05. The zero-order valence-electron chi connectivity index (χ0n) is 7.95. The van der Waals surface area contributed by atoms with Crippen LogP contribution < -0.4 is 5.73 Å². The predicted octanol–water partition coefficient (Wildman–Crippen LogP) is 1.93. The summed E-state index contributed by atoms with van der Waals surface area (Å²) in [4.78, 5) is 9.68. The van der Waals surface area contributed by atoms with Crippen LogP contribution in [0.25, 0.3) is 0 Å². The first-order chi connectivity index (χ1) is 6.32. The molecule has 0 fully saturated rings. The van der Waals surface area contributed by atoms with Crippen molar-refractivity contribution in [3.05, 3.63) is 39.7 Å². The molecule has 0 heterocycles. The molecule has 0 saturated carbocycles. The Balaban J connectivity index is 3.21. The average molecular weight is 198 g/mol. The number of halogens is 1. The van der Waals surface area contributed by atoms with Crippen molar-refractivity contribution in [1.29, 1.82) is 0 Å². The van der Waals surface area contributed by atoms with Gasteiger partial charge in [-0.05, 0) is 19.9 Å². The summed E-state index contributed by atoms with van der Waals surface area (Å²) in [5, 5.41) is 10.3. The van der Waals surface area contributed by atoms with E-state index in [1.807, 2.05) is 0 Å². The first-order valence-electron chi connectivity index (χ1n) is 4.05. The number of non-ortho nitro benzene ring substituents is 1. The van der Waals surface area contributed by atoms with Crippen molar-refractivity contribution < 1.29 is 9.31 Å². The third-order valence-electron chi connectivity index (χ3n) is 1.86. The van der Waals surface area contributed by atoms with Crippen LogP contribution in [-0.4, -0.2) is 4.92 Å². The molecule has 0 aliphatic carbocycles. The molecular formula is C9H11FN2O2. The molecule has 1 rings (SSSR count).